The maximum Gasteiger partial charge on any atom is 0.129 e. The van der Waals surface area contributed by atoms with Crippen molar-refractivity contribution in [1.29, 1.82) is 0 Å². The van der Waals surface area contributed by atoms with Crippen LogP contribution in [0.1, 0.15) is 24.4 Å². The highest BCUT2D eigenvalue weighted by atomic mass is 16.5. The average Bonchev–Trinajstić information content (AvgIpc) is 3.25. The zero-order chi connectivity index (χ0) is 18.0. The van der Waals surface area contributed by atoms with Crippen molar-refractivity contribution in [2.75, 3.05) is 20.2 Å². The van der Waals surface area contributed by atoms with Crippen LogP contribution in [0.3, 0.4) is 0 Å². The first-order chi connectivity index (χ1) is 12.6. The number of likely N-dealkylation sites (tertiary alicyclic amines) is 1. The Bertz CT molecular complexity index is 862. The highest BCUT2D eigenvalue weighted by Crippen LogP contribution is 2.27. The van der Waals surface area contributed by atoms with Crippen LogP contribution in [0.4, 0.5) is 0 Å². The van der Waals surface area contributed by atoms with Crippen LogP contribution >= 0.6 is 0 Å². The van der Waals surface area contributed by atoms with E-state index in [9.17, 15) is 5.11 Å². The standard InChI is InChI=1S/C20H25N3O3/c1-25-14-17-5-4-16(26-17)13-22-11-7-20(24,8-12-22)15-23-10-6-18-19(23)3-2-9-21-18/h2-6,9-10,24H,7-8,11-15H2,1H3. The third-order valence-electron chi connectivity index (χ3n) is 5.17. The molecule has 0 bridgehead atoms. The van der Waals surface area contributed by atoms with Gasteiger partial charge in [0.2, 0.25) is 0 Å². The summed E-state index contributed by atoms with van der Waals surface area (Å²) in [7, 11) is 1.66. The molecule has 0 aliphatic carbocycles. The summed E-state index contributed by atoms with van der Waals surface area (Å²) in [6.45, 7) is 3.59. The molecule has 1 aliphatic heterocycles. The van der Waals surface area contributed by atoms with Crippen LogP contribution in [0.25, 0.3) is 11.0 Å². The summed E-state index contributed by atoms with van der Waals surface area (Å²) < 4.78 is 13.0. The van der Waals surface area contributed by atoms with E-state index in [1.165, 1.54) is 0 Å². The smallest absolute Gasteiger partial charge is 0.129 e. The van der Waals surface area contributed by atoms with E-state index in [1.807, 2.05) is 30.5 Å². The molecule has 1 saturated heterocycles. The average molecular weight is 355 g/mol. The van der Waals surface area contributed by atoms with Crippen molar-refractivity contribution in [2.45, 2.75) is 38.1 Å². The molecular weight excluding hydrogens is 330 g/mol. The van der Waals surface area contributed by atoms with E-state index in [-0.39, 0.29) is 0 Å². The summed E-state index contributed by atoms with van der Waals surface area (Å²) in [6, 6.07) is 9.96. The Balaban J connectivity index is 1.36. The largest absolute Gasteiger partial charge is 0.462 e. The predicted molar refractivity (Wildman–Crippen MR) is 98.6 cm³/mol. The van der Waals surface area contributed by atoms with Gasteiger partial charge in [0, 0.05) is 32.6 Å². The molecule has 3 aromatic rings. The third kappa shape index (κ3) is 3.67. The number of ether oxygens (including phenoxy) is 1. The van der Waals surface area contributed by atoms with Crippen LogP contribution < -0.4 is 0 Å². The van der Waals surface area contributed by atoms with Crippen LogP contribution in [-0.4, -0.2) is 45.4 Å². The van der Waals surface area contributed by atoms with Gasteiger partial charge >= 0.3 is 0 Å². The molecule has 4 rings (SSSR count). The van der Waals surface area contributed by atoms with Gasteiger partial charge in [0.1, 0.15) is 18.1 Å². The van der Waals surface area contributed by atoms with Gasteiger partial charge in [0.15, 0.2) is 0 Å². The van der Waals surface area contributed by atoms with Crippen LogP contribution in [-0.2, 0) is 24.4 Å². The number of hydrogen-bond acceptors (Lipinski definition) is 5. The number of aromatic nitrogens is 2. The lowest BCUT2D eigenvalue weighted by Gasteiger charge is -2.38. The maximum atomic E-state index is 11.1. The maximum absolute atomic E-state index is 11.1. The van der Waals surface area contributed by atoms with E-state index in [1.54, 1.807) is 13.3 Å². The molecule has 0 amide bonds. The molecule has 1 N–H and O–H groups in total. The number of fused-ring (bicyclic) bond motifs is 1. The van der Waals surface area contributed by atoms with Gasteiger partial charge in [0.05, 0.1) is 29.7 Å². The second-order valence-corrected chi connectivity index (χ2v) is 7.15. The number of pyridine rings is 1. The molecule has 0 saturated carbocycles. The van der Waals surface area contributed by atoms with E-state index >= 15 is 0 Å². The van der Waals surface area contributed by atoms with Crippen molar-refractivity contribution >= 4 is 11.0 Å². The Hall–Kier alpha value is -2.15. The van der Waals surface area contributed by atoms with Crippen LogP contribution in [0, 0.1) is 0 Å². The molecule has 26 heavy (non-hydrogen) atoms. The fraction of sp³-hybridized carbons (Fsp3) is 0.450. The minimum Gasteiger partial charge on any atom is -0.462 e. The summed E-state index contributed by atoms with van der Waals surface area (Å²) in [5.41, 5.74) is 1.37. The van der Waals surface area contributed by atoms with Crippen molar-refractivity contribution in [3.8, 4) is 0 Å². The molecule has 0 atom stereocenters. The van der Waals surface area contributed by atoms with Crippen molar-refractivity contribution < 1.29 is 14.3 Å². The molecule has 0 spiro atoms. The second-order valence-electron chi connectivity index (χ2n) is 7.15. The Labute approximate surface area is 153 Å². The quantitative estimate of drug-likeness (QED) is 0.737. The first-order valence-electron chi connectivity index (χ1n) is 9.06. The molecule has 0 unspecified atom stereocenters. The fourth-order valence-electron chi connectivity index (χ4n) is 3.71. The monoisotopic (exact) mass is 355 g/mol. The molecule has 0 radical (unpaired) electrons. The van der Waals surface area contributed by atoms with Crippen molar-refractivity contribution in [3.63, 3.8) is 0 Å². The fourth-order valence-corrected chi connectivity index (χ4v) is 3.71. The van der Waals surface area contributed by atoms with E-state index in [0.29, 0.717) is 13.2 Å². The van der Waals surface area contributed by atoms with Gasteiger partial charge in [-0.15, -0.1) is 0 Å². The minimum absolute atomic E-state index is 0.499. The predicted octanol–water partition coefficient (Wildman–Crippen LogP) is 2.80. The summed E-state index contributed by atoms with van der Waals surface area (Å²) >= 11 is 0. The van der Waals surface area contributed by atoms with Gasteiger partial charge in [-0.1, -0.05) is 0 Å². The number of methoxy groups -OCH3 is 1. The van der Waals surface area contributed by atoms with Gasteiger partial charge in [-0.05, 0) is 43.2 Å². The lowest BCUT2D eigenvalue weighted by Crippen LogP contribution is -2.46. The normalized spacial score (nSPS) is 17.8. The van der Waals surface area contributed by atoms with Crippen LogP contribution in [0.2, 0.25) is 0 Å². The molecule has 3 aromatic heterocycles. The Morgan fingerprint density at radius 2 is 2.00 bits per heavy atom. The Morgan fingerprint density at radius 3 is 2.81 bits per heavy atom. The lowest BCUT2D eigenvalue weighted by atomic mass is 9.91. The zero-order valence-corrected chi connectivity index (χ0v) is 15.1. The van der Waals surface area contributed by atoms with Crippen LogP contribution in [0.15, 0.2) is 47.1 Å². The minimum atomic E-state index is -0.678. The third-order valence-corrected chi connectivity index (χ3v) is 5.17. The van der Waals surface area contributed by atoms with Crippen molar-refractivity contribution in [3.05, 3.63) is 54.2 Å². The van der Waals surface area contributed by atoms with Gasteiger partial charge in [-0.2, -0.15) is 0 Å². The number of piperidine rings is 1. The first-order valence-corrected chi connectivity index (χ1v) is 9.06. The summed E-state index contributed by atoms with van der Waals surface area (Å²) in [4.78, 5) is 6.69. The molecule has 6 heteroatoms. The van der Waals surface area contributed by atoms with E-state index in [4.69, 9.17) is 9.15 Å². The molecular formula is C20H25N3O3. The van der Waals surface area contributed by atoms with Crippen LogP contribution in [0.5, 0.6) is 0 Å². The first kappa shape index (κ1) is 17.3. The lowest BCUT2D eigenvalue weighted by molar-refractivity contribution is -0.0360. The highest BCUT2D eigenvalue weighted by molar-refractivity contribution is 5.75. The summed E-state index contributed by atoms with van der Waals surface area (Å²) in [5, 5.41) is 11.1. The van der Waals surface area contributed by atoms with Gasteiger partial charge in [0.25, 0.3) is 0 Å². The van der Waals surface area contributed by atoms with Gasteiger partial charge < -0.3 is 18.8 Å². The Kier molecular flexibility index (Phi) is 4.80. The number of furan rings is 1. The topological polar surface area (TPSA) is 63.7 Å². The molecule has 1 fully saturated rings. The Morgan fingerprint density at radius 1 is 1.19 bits per heavy atom. The zero-order valence-electron chi connectivity index (χ0n) is 15.1. The number of rotatable bonds is 6. The molecule has 138 valence electrons. The van der Waals surface area contributed by atoms with E-state index in [2.05, 4.69) is 20.5 Å². The van der Waals surface area contributed by atoms with Crippen molar-refractivity contribution in [2.24, 2.45) is 0 Å². The molecule has 0 aromatic carbocycles. The van der Waals surface area contributed by atoms with E-state index in [0.717, 1.165) is 55.0 Å². The van der Waals surface area contributed by atoms with E-state index < -0.39 is 5.60 Å². The number of nitrogens with zero attached hydrogens (tertiary/aromatic N) is 3. The SMILES string of the molecule is COCc1ccc(CN2CCC(O)(Cn3ccc4ncccc43)CC2)o1. The van der Waals surface area contributed by atoms with Gasteiger partial charge in [-0.25, -0.2) is 0 Å². The molecule has 4 heterocycles. The van der Waals surface area contributed by atoms with Crippen molar-refractivity contribution in [1.82, 2.24) is 14.5 Å². The number of aliphatic hydroxyl groups is 1. The highest BCUT2D eigenvalue weighted by Gasteiger charge is 2.33. The second kappa shape index (κ2) is 7.23. The van der Waals surface area contributed by atoms with Gasteiger partial charge in [-0.3, -0.25) is 9.88 Å². The summed E-state index contributed by atoms with van der Waals surface area (Å²) in [6.07, 6.45) is 5.31. The number of hydrogen-bond donors (Lipinski definition) is 1. The summed E-state index contributed by atoms with van der Waals surface area (Å²) in [5.74, 6) is 1.80. The molecule has 6 nitrogen and oxygen atoms in total. The molecule has 1 aliphatic rings.